The Labute approximate surface area is 140 Å². The van der Waals surface area contributed by atoms with Crippen molar-refractivity contribution in [1.82, 2.24) is 0 Å². The van der Waals surface area contributed by atoms with Crippen LogP contribution in [0.25, 0.3) is 0 Å². The number of ketones is 1. The molecule has 0 saturated carbocycles. The molecule has 1 N–H and O–H groups in total. The Morgan fingerprint density at radius 3 is 2.59 bits per heavy atom. The smallest absolute Gasteiger partial charge is 0.303 e. The zero-order valence-electron chi connectivity index (χ0n) is 12.9. The molecule has 0 fully saturated rings. The topological polar surface area (TPSA) is 63.6 Å². The summed E-state index contributed by atoms with van der Waals surface area (Å²) < 4.78 is 5.47. The predicted octanol–water partition coefficient (Wildman–Crippen LogP) is 4.64. The molecular formula is C16H20Cl2O4. The summed E-state index contributed by atoms with van der Waals surface area (Å²) in [6.07, 6.45) is 1.04. The van der Waals surface area contributed by atoms with E-state index >= 15 is 0 Å². The molecule has 22 heavy (non-hydrogen) atoms. The number of fused-ring (bicyclic) bond motifs is 1. The molecule has 0 aliphatic heterocycles. The van der Waals surface area contributed by atoms with Gasteiger partial charge in [0.05, 0.1) is 11.6 Å². The molecule has 122 valence electrons. The van der Waals surface area contributed by atoms with Crippen LogP contribution >= 0.6 is 23.2 Å². The van der Waals surface area contributed by atoms with Crippen molar-refractivity contribution in [1.29, 1.82) is 0 Å². The number of carbonyl (C=O) groups is 2. The minimum atomic E-state index is -0.869. The van der Waals surface area contributed by atoms with Gasteiger partial charge in [0, 0.05) is 17.9 Å². The molecule has 1 aromatic rings. The van der Waals surface area contributed by atoms with E-state index < -0.39 is 5.97 Å². The predicted molar refractivity (Wildman–Crippen MR) is 87.4 cm³/mol. The van der Waals surface area contributed by atoms with Crippen LogP contribution in [0, 0.1) is 5.92 Å². The number of carboxylic acids is 1. The zero-order chi connectivity index (χ0) is 16.9. The number of carboxylic acid groups (broad SMARTS) is 1. The van der Waals surface area contributed by atoms with Gasteiger partial charge < -0.3 is 9.84 Å². The van der Waals surface area contributed by atoms with Crippen LogP contribution in [0.4, 0.5) is 0 Å². The van der Waals surface area contributed by atoms with Crippen molar-refractivity contribution in [3.8, 4) is 5.75 Å². The van der Waals surface area contributed by atoms with Gasteiger partial charge in [-0.25, -0.2) is 0 Å². The van der Waals surface area contributed by atoms with E-state index in [0.29, 0.717) is 24.2 Å². The molecule has 0 amide bonds. The van der Waals surface area contributed by atoms with E-state index in [1.807, 2.05) is 20.8 Å². The molecule has 0 bridgehead atoms. The first kappa shape index (κ1) is 18.8. The average Bonchev–Trinajstić information content (AvgIpc) is 2.77. The van der Waals surface area contributed by atoms with Crippen molar-refractivity contribution in [3.05, 3.63) is 27.2 Å². The molecule has 0 spiro atoms. The Balaban J connectivity index is 0.00000116. The summed E-state index contributed by atoms with van der Waals surface area (Å²) in [7, 11) is 0. The van der Waals surface area contributed by atoms with E-state index in [2.05, 4.69) is 0 Å². The molecule has 6 heteroatoms. The summed E-state index contributed by atoms with van der Waals surface area (Å²) in [6, 6.07) is 1.73. The number of benzene rings is 1. The molecule has 0 aromatic heterocycles. The Kier molecular flexibility index (Phi) is 7.17. The fourth-order valence-electron chi connectivity index (χ4n) is 2.26. The maximum atomic E-state index is 12.0. The fourth-order valence-corrected chi connectivity index (χ4v) is 2.77. The van der Waals surface area contributed by atoms with Gasteiger partial charge in [0.1, 0.15) is 10.8 Å². The van der Waals surface area contributed by atoms with Crippen LogP contribution in [0.1, 0.15) is 49.5 Å². The van der Waals surface area contributed by atoms with Crippen LogP contribution in [0.15, 0.2) is 6.07 Å². The van der Waals surface area contributed by atoms with Crippen LogP contribution in [0.5, 0.6) is 5.75 Å². The van der Waals surface area contributed by atoms with E-state index in [0.717, 1.165) is 5.56 Å². The highest BCUT2D eigenvalue weighted by Crippen LogP contribution is 2.42. The van der Waals surface area contributed by atoms with Gasteiger partial charge in [-0.15, -0.1) is 0 Å². The second-order valence-electron chi connectivity index (χ2n) is 4.85. The molecule has 4 nitrogen and oxygen atoms in total. The first-order valence-electron chi connectivity index (χ1n) is 7.31. The maximum Gasteiger partial charge on any atom is 0.303 e. The monoisotopic (exact) mass is 346 g/mol. The molecule has 1 aliphatic carbocycles. The molecular weight excluding hydrogens is 327 g/mol. The second-order valence-corrected chi connectivity index (χ2v) is 5.61. The molecule has 0 saturated heterocycles. The van der Waals surface area contributed by atoms with E-state index in [1.165, 1.54) is 0 Å². The van der Waals surface area contributed by atoms with Crippen LogP contribution in [-0.2, 0) is 11.2 Å². The van der Waals surface area contributed by atoms with Crippen molar-refractivity contribution in [3.63, 3.8) is 0 Å². The fraction of sp³-hybridized carbons (Fsp3) is 0.500. The molecule has 1 aromatic carbocycles. The third-order valence-electron chi connectivity index (χ3n) is 3.27. The van der Waals surface area contributed by atoms with Gasteiger partial charge in [0.15, 0.2) is 5.78 Å². The van der Waals surface area contributed by atoms with Crippen LogP contribution in [0.3, 0.4) is 0 Å². The number of rotatable bonds is 5. The lowest BCUT2D eigenvalue weighted by atomic mass is 10.1. The van der Waals surface area contributed by atoms with E-state index in [4.69, 9.17) is 33.0 Å². The third kappa shape index (κ3) is 4.14. The van der Waals surface area contributed by atoms with E-state index in [9.17, 15) is 9.59 Å². The Hall–Kier alpha value is -1.26. The lowest BCUT2D eigenvalue weighted by Crippen LogP contribution is -2.05. The largest absolute Gasteiger partial charge is 0.492 e. The SMILES string of the molecule is CC.CC1Cc2cc(OCCCC(=O)O)c(Cl)c(Cl)c2C1=O. The molecule has 0 radical (unpaired) electrons. The van der Waals surface area contributed by atoms with E-state index in [1.54, 1.807) is 6.07 Å². The van der Waals surface area contributed by atoms with Crippen LogP contribution in [-0.4, -0.2) is 23.5 Å². The third-order valence-corrected chi connectivity index (χ3v) is 4.12. The number of aliphatic carboxylic acids is 1. The van der Waals surface area contributed by atoms with Crippen molar-refractivity contribution in [2.45, 2.75) is 40.0 Å². The normalized spacial score (nSPS) is 15.9. The highest BCUT2D eigenvalue weighted by atomic mass is 35.5. The van der Waals surface area contributed by atoms with Crippen molar-refractivity contribution in [2.24, 2.45) is 5.92 Å². The standard InChI is InChI=1S/C14H14Cl2O4.C2H6/c1-7-5-8-6-9(20-4-2-3-10(17)18)12(15)13(16)11(8)14(7)19;1-2/h6-7H,2-5H2,1H3,(H,17,18);1-2H3. The minimum Gasteiger partial charge on any atom is -0.492 e. The maximum absolute atomic E-state index is 12.0. The first-order valence-corrected chi connectivity index (χ1v) is 8.07. The second kappa shape index (κ2) is 8.39. The van der Waals surface area contributed by atoms with Gasteiger partial charge in [-0.2, -0.15) is 0 Å². The number of carbonyl (C=O) groups excluding carboxylic acids is 1. The first-order chi connectivity index (χ1) is 10.4. The number of ether oxygens (including phenoxy) is 1. The van der Waals surface area contributed by atoms with Gasteiger partial charge in [-0.05, 0) is 24.5 Å². The van der Waals surface area contributed by atoms with Gasteiger partial charge in [-0.1, -0.05) is 44.0 Å². The Bertz CT molecular complexity index is 570. The van der Waals surface area contributed by atoms with E-state index in [-0.39, 0.29) is 34.8 Å². The summed E-state index contributed by atoms with van der Waals surface area (Å²) in [5.41, 5.74) is 1.33. The Morgan fingerprint density at radius 1 is 1.36 bits per heavy atom. The number of hydrogen-bond donors (Lipinski definition) is 1. The Morgan fingerprint density at radius 2 is 2.00 bits per heavy atom. The zero-order valence-corrected chi connectivity index (χ0v) is 14.4. The van der Waals surface area contributed by atoms with Gasteiger partial charge in [0.25, 0.3) is 0 Å². The summed E-state index contributed by atoms with van der Waals surface area (Å²) in [6.45, 7) is 6.09. The number of halogens is 2. The van der Waals surface area contributed by atoms with Crippen molar-refractivity contribution in [2.75, 3.05) is 6.61 Å². The quantitative estimate of drug-likeness (QED) is 0.788. The lowest BCUT2D eigenvalue weighted by molar-refractivity contribution is -0.137. The number of Topliss-reactive ketones (excluding diaryl/α,β-unsaturated/α-hetero) is 1. The van der Waals surface area contributed by atoms with Crippen molar-refractivity contribution < 1.29 is 19.4 Å². The van der Waals surface area contributed by atoms with Crippen LogP contribution < -0.4 is 4.74 Å². The average molecular weight is 347 g/mol. The molecule has 1 atom stereocenters. The minimum absolute atomic E-state index is 0.00401. The summed E-state index contributed by atoms with van der Waals surface area (Å²) in [5, 5.41) is 8.99. The molecule has 1 unspecified atom stereocenters. The number of hydrogen-bond acceptors (Lipinski definition) is 3. The lowest BCUT2D eigenvalue weighted by Gasteiger charge is -2.11. The van der Waals surface area contributed by atoms with Gasteiger partial charge in [-0.3, -0.25) is 9.59 Å². The highest BCUT2D eigenvalue weighted by Gasteiger charge is 2.31. The molecule has 1 aliphatic rings. The summed E-state index contributed by atoms with van der Waals surface area (Å²) in [4.78, 5) is 22.4. The highest BCUT2D eigenvalue weighted by molar-refractivity contribution is 6.45. The van der Waals surface area contributed by atoms with Gasteiger partial charge in [0.2, 0.25) is 0 Å². The van der Waals surface area contributed by atoms with Gasteiger partial charge >= 0.3 is 5.97 Å². The molecule has 0 heterocycles. The summed E-state index contributed by atoms with van der Waals surface area (Å²) >= 11 is 12.2. The summed E-state index contributed by atoms with van der Waals surface area (Å²) in [5.74, 6) is -0.557. The van der Waals surface area contributed by atoms with Crippen LogP contribution in [0.2, 0.25) is 10.0 Å². The molecule has 2 rings (SSSR count). The van der Waals surface area contributed by atoms with Crippen molar-refractivity contribution >= 4 is 35.0 Å².